The average molecular weight is 399 g/mol. The third-order valence-electron chi connectivity index (χ3n) is 5.35. The summed E-state index contributed by atoms with van der Waals surface area (Å²) in [5.74, 6) is 0.886. The van der Waals surface area contributed by atoms with Gasteiger partial charge in [0.2, 0.25) is 0 Å². The Bertz CT molecular complexity index is 847. The summed E-state index contributed by atoms with van der Waals surface area (Å²) in [5, 5.41) is 3.27. The highest BCUT2D eigenvalue weighted by Crippen LogP contribution is 2.19. The predicted octanol–water partition coefficient (Wildman–Crippen LogP) is 2.48. The lowest BCUT2D eigenvalue weighted by Crippen LogP contribution is -2.49. The Balaban J connectivity index is 1.37. The fourth-order valence-corrected chi connectivity index (χ4v) is 3.77. The molecular weight excluding hydrogens is 373 g/mol. The Kier molecular flexibility index (Phi) is 5.89. The fourth-order valence-electron chi connectivity index (χ4n) is 3.77. The number of benzene rings is 1. The van der Waals surface area contributed by atoms with E-state index in [1.807, 2.05) is 4.90 Å². The zero-order valence-electron chi connectivity index (χ0n) is 16.6. The van der Waals surface area contributed by atoms with Gasteiger partial charge in [-0.2, -0.15) is 0 Å². The molecule has 1 amide bonds. The van der Waals surface area contributed by atoms with Crippen LogP contribution in [0.1, 0.15) is 29.2 Å². The highest BCUT2D eigenvalue weighted by molar-refractivity contribution is 5.93. The van der Waals surface area contributed by atoms with Crippen molar-refractivity contribution in [3.63, 3.8) is 0 Å². The molecule has 154 valence electrons. The number of aryl methyl sites for hydroxylation is 1. The first kappa shape index (κ1) is 19.6. The van der Waals surface area contributed by atoms with Crippen LogP contribution in [0.25, 0.3) is 0 Å². The van der Waals surface area contributed by atoms with Crippen molar-refractivity contribution in [2.75, 3.05) is 49.5 Å². The van der Waals surface area contributed by atoms with Gasteiger partial charge in [0.05, 0.1) is 6.10 Å². The quantitative estimate of drug-likeness (QED) is 0.833. The monoisotopic (exact) mass is 399 g/mol. The van der Waals surface area contributed by atoms with Gasteiger partial charge in [0, 0.05) is 51.1 Å². The number of amides is 1. The number of carbonyl (C=O) groups is 1. The van der Waals surface area contributed by atoms with E-state index in [1.54, 1.807) is 25.1 Å². The Morgan fingerprint density at radius 3 is 2.66 bits per heavy atom. The standard InChI is InChI=1S/C21H26FN5O2/c1-15-24-19(13-20(25-15)23-14-18-3-2-12-29-18)21(28)27-10-8-26(9-11-27)17-6-4-16(22)5-7-17/h4-7,13,18H,2-3,8-12,14H2,1H3,(H,23,24,25). The third kappa shape index (κ3) is 4.82. The lowest BCUT2D eigenvalue weighted by Gasteiger charge is -2.36. The second-order valence-corrected chi connectivity index (χ2v) is 7.46. The molecule has 7 nitrogen and oxygen atoms in total. The van der Waals surface area contributed by atoms with Gasteiger partial charge in [-0.15, -0.1) is 0 Å². The van der Waals surface area contributed by atoms with Gasteiger partial charge in [0.15, 0.2) is 0 Å². The molecule has 1 atom stereocenters. The summed E-state index contributed by atoms with van der Waals surface area (Å²) in [4.78, 5) is 25.7. The molecule has 0 saturated carbocycles. The van der Waals surface area contributed by atoms with Crippen LogP contribution in [0.3, 0.4) is 0 Å². The van der Waals surface area contributed by atoms with Crippen molar-refractivity contribution >= 4 is 17.4 Å². The summed E-state index contributed by atoms with van der Waals surface area (Å²) in [6, 6.07) is 8.18. The summed E-state index contributed by atoms with van der Waals surface area (Å²) in [5.41, 5.74) is 1.37. The number of nitrogens with zero attached hydrogens (tertiary/aromatic N) is 4. The van der Waals surface area contributed by atoms with Crippen LogP contribution in [0.2, 0.25) is 0 Å². The molecule has 1 unspecified atom stereocenters. The van der Waals surface area contributed by atoms with Gasteiger partial charge < -0.3 is 19.9 Å². The van der Waals surface area contributed by atoms with Crippen LogP contribution in [-0.2, 0) is 4.74 Å². The number of piperazine rings is 1. The van der Waals surface area contributed by atoms with Crippen molar-refractivity contribution in [1.82, 2.24) is 14.9 Å². The van der Waals surface area contributed by atoms with Crippen LogP contribution >= 0.6 is 0 Å². The molecular formula is C21H26FN5O2. The average Bonchev–Trinajstić information content (AvgIpc) is 3.26. The van der Waals surface area contributed by atoms with Crippen LogP contribution < -0.4 is 10.2 Å². The molecule has 2 aromatic rings. The molecule has 0 bridgehead atoms. The number of ether oxygens (including phenoxy) is 1. The molecule has 2 fully saturated rings. The Morgan fingerprint density at radius 2 is 1.97 bits per heavy atom. The zero-order valence-corrected chi connectivity index (χ0v) is 16.6. The molecule has 0 aliphatic carbocycles. The minimum Gasteiger partial charge on any atom is -0.376 e. The Morgan fingerprint density at radius 1 is 1.21 bits per heavy atom. The Hall–Kier alpha value is -2.74. The number of carbonyl (C=O) groups excluding carboxylic acids is 1. The molecule has 29 heavy (non-hydrogen) atoms. The zero-order chi connectivity index (χ0) is 20.2. The van der Waals surface area contributed by atoms with E-state index in [0.29, 0.717) is 50.1 Å². The van der Waals surface area contributed by atoms with E-state index in [0.717, 1.165) is 25.1 Å². The summed E-state index contributed by atoms with van der Waals surface area (Å²) < 4.78 is 18.7. The van der Waals surface area contributed by atoms with E-state index in [-0.39, 0.29) is 17.8 Å². The molecule has 2 aliphatic rings. The highest BCUT2D eigenvalue weighted by Gasteiger charge is 2.24. The van der Waals surface area contributed by atoms with Gasteiger partial charge in [0.1, 0.15) is 23.2 Å². The summed E-state index contributed by atoms with van der Waals surface area (Å²) >= 11 is 0. The van der Waals surface area contributed by atoms with Gasteiger partial charge in [-0.05, 0) is 44.0 Å². The van der Waals surface area contributed by atoms with Crippen LogP contribution in [0.5, 0.6) is 0 Å². The molecule has 0 spiro atoms. The van der Waals surface area contributed by atoms with Gasteiger partial charge in [-0.1, -0.05) is 0 Å². The van der Waals surface area contributed by atoms with Crippen molar-refractivity contribution in [3.05, 3.63) is 47.7 Å². The predicted molar refractivity (Wildman–Crippen MR) is 109 cm³/mol. The van der Waals surface area contributed by atoms with Gasteiger partial charge >= 0.3 is 0 Å². The van der Waals surface area contributed by atoms with Crippen molar-refractivity contribution in [2.24, 2.45) is 0 Å². The van der Waals surface area contributed by atoms with E-state index < -0.39 is 0 Å². The number of anilines is 2. The minimum absolute atomic E-state index is 0.0885. The van der Waals surface area contributed by atoms with Gasteiger partial charge in [0.25, 0.3) is 5.91 Å². The first-order chi connectivity index (χ1) is 14.1. The van der Waals surface area contributed by atoms with E-state index in [9.17, 15) is 9.18 Å². The molecule has 0 radical (unpaired) electrons. The first-order valence-electron chi connectivity index (χ1n) is 10.1. The molecule has 4 rings (SSSR count). The number of rotatable bonds is 5. The smallest absolute Gasteiger partial charge is 0.272 e. The van der Waals surface area contributed by atoms with Gasteiger partial charge in [-0.3, -0.25) is 4.79 Å². The largest absolute Gasteiger partial charge is 0.376 e. The van der Waals surface area contributed by atoms with Crippen molar-refractivity contribution in [2.45, 2.75) is 25.9 Å². The minimum atomic E-state index is -0.245. The maximum Gasteiger partial charge on any atom is 0.272 e. The van der Waals surface area contributed by atoms with Crippen LogP contribution in [0.4, 0.5) is 15.9 Å². The second kappa shape index (κ2) is 8.73. The fraction of sp³-hybridized carbons (Fsp3) is 0.476. The molecule has 2 aliphatic heterocycles. The van der Waals surface area contributed by atoms with Crippen molar-refractivity contribution in [1.29, 1.82) is 0 Å². The number of hydrogen-bond acceptors (Lipinski definition) is 6. The SMILES string of the molecule is Cc1nc(NCC2CCCO2)cc(C(=O)N2CCN(c3ccc(F)cc3)CC2)n1. The summed E-state index contributed by atoms with van der Waals surface area (Å²) in [6.45, 7) is 5.87. The lowest BCUT2D eigenvalue weighted by atomic mass is 10.2. The molecule has 8 heteroatoms. The normalized spacial score (nSPS) is 19.4. The van der Waals surface area contributed by atoms with Crippen molar-refractivity contribution < 1.29 is 13.9 Å². The lowest BCUT2D eigenvalue weighted by molar-refractivity contribution is 0.0740. The highest BCUT2D eigenvalue weighted by atomic mass is 19.1. The van der Waals surface area contributed by atoms with Crippen molar-refractivity contribution in [3.8, 4) is 0 Å². The number of nitrogens with one attached hydrogen (secondary N) is 1. The molecule has 1 aromatic heterocycles. The maximum atomic E-state index is 13.1. The number of aromatic nitrogens is 2. The molecule has 2 saturated heterocycles. The summed E-state index contributed by atoms with van der Waals surface area (Å²) in [7, 11) is 0. The second-order valence-electron chi connectivity index (χ2n) is 7.46. The van der Waals surface area contributed by atoms with Crippen LogP contribution in [-0.4, -0.2) is 66.2 Å². The van der Waals surface area contributed by atoms with Crippen LogP contribution in [0, 0.1) is 12.7 Å². The number of halogens is 1. The van der Waals surface area contributed by atoms with E-state index in [2.05, 4.69) is 20.2 Å². The maximum absolute atomic E-state index is 13.1. The Labute approximate surface area is 169 Å². The number of hydrogen-bond donors (Lipinski definition) is 1. The van der Waals surface area contributed by atoms with E-state index in [1.165, 1.54) is 12.1 Å². The molecule has 3 heterocycles. The van der Waals surface area contributed by atoms with E-state index in [4.69, 9.17) is 4.74 Å². The van der Waals surface area contributed by atoms with Crippen LogP contribution in [0.15, 0.2) is 30.3 Å². The van der Waals surface area contributed by atoms with Gasteiger partial charge in [-0.25, -0.2) is 14.4 Å². The molecule has 1 aromatic carbocycles. The first-order valence-corrected chi connectivity index (χ1v) is 10.1. The third-order valence-corrected chi connectivity index (χ3v) is 5.35. The summed E-state index contributed by atoms with van der Waals surface area (Å²) in [6.07, 6.45) is 2.33. The molecule has 1 N–H and O–H groups in total. The van der Waals surface area contributed by atoms with E-state index >= 15 is 0 Å². The topological polar surface area (TPSA) is 70.6 Å².